The molecule has 0 saturated carbocycles. The van der Waals surface area contributed by atoms with Crippen LogP contribution in [-0.2, 0) is 24.5 Å². The van der Waals surface area contributed by atoms with E-state index in [9.17, 15) is 14.7 Å². The lowest BCUT2D eigenvalue weighted by atomic mass is 9.64. The normalized spacial score (nSPS) is 20.9. The van der Waals surface area contributed by atoms with Gasteiger partial charge in [-0.2, -0.15) is 0 Å². The molecule has 6 nitrogen and oxygen atoms in total. The van der Waals surface area contributed by atoms with E-state index < -0.39 is 28.5 Å². The highest BCUT2D eigenvalue weighted by Crippen LogP contribution is 2.46. The maximum atomic E-state index is 13.5. The van der Waals surface area contributed by atoms with Crippen molar-refractivity contribution in [2.75, 3.05) is 6.61 Å². The van der Waals surface area contributed by atoms with Gasteiger partial charge in [-0.05, 0) is 58.4 Å². The molecule has 0 aromatic heterocycles. The summed E-state index contributed by atoms with van der Waals surface area (Å²) in [5, 5.41) is 10.0. The number of benzene rings is 1. The number of phenolic OH excluding ortho intramolecular Hbond substituents is 1. The van der Waals surface area contributed by atoms with E-state index in [0.717, 1.165) is 0 Å². The van der Waals surface area contributed by atoms with Gasteiger partial charge in [-0.3, -0.25) is 14.6 Å². The number of phenols is 1. The van der Waals surface area contributed by atoms with Crippen LogP contribution in [0.1, 0.15) is 46.6 Å². The number of esters is 2. The van der Waals surface area contributed by atoms with Crippen LogP contribution in [0.15, 0.2) is 41.4 Å². The molecular formula is C21H27NO5. The molecule has 2 unspecified atom stereocenters. The van der Waals surface area contributed by atoms with Crippen molar-refractivity contribution in [3.63, 3.8) is 0 Å². The average Bonchev–Trinajstić information content (AvgIpc) is 2.99. The van der Waals surface area contributed by atoms with Crippen LogP contribution in [0.5, 0.6) is 5.75 Å². The first-order valence-electron chi connectivity index (χ1n) is 8.96. The minimum absolute atomic E-state index is 0.0150. The molecule has 1 heterocycles. The Balaban J connectivity index is 2.72. The van der Waals surface area contributed by atoms with Gasteiger partial charge in [-0.25, -0.2) is 0 Å². The number of aromatic hydroxyl groups is 1. The molecule has 1 aromatic carbocycles. The molecule has 146 valence electrons. The van der Waals surface area contributed by atoms with Gasteiger partial charge in [0.25, 0.3) is 0 Å². The van der Waals surface area contributed by atoms with Crippen LogP contribution in [0.2, 0.25) is 0 Å². The number of hydrogen-bond acceptors (Lipinski definition) is 6. The van der Waals surface area contributed by atoms with E-state index in [1.807, 2.05) is 0 Å². The Kier molecular flexibility index (Phi) is 5.78. The maximum absolute atomic E-state index is 13.5. The van der Waals surface area contributed by atoms with E-state index in [4.69, 9.17) is 9.47 Å². The minimum Gasteiger partial charge on any atom is -0.508 e. The van der Waals surface area contributed by atoms with Gasteiger partial charge in [0.2, 0.25) is 0 Å². The van der Waals surface area contributed by atoms with Crippen LogP contribution in [0, 0.1) is 0 Å². The molecule has 2 rings (SSSR count). The van der Waals surface area contributed by atoms with Gasteiger partial charge in [-0.15, -0.1) is 0 Å². The topological polar surface area (TPSA) is 85.2 Å². The van der Waals surface area contributed by atoms with Crippen molar-refractivity contribution in [3.8, 4) is 5.75 Å². The van der Waals surface area contributed by atoms with Crippen molar-refractivity contribution in [2.24, 2.45) is 4.99 Å². The lowest BCUT2D eigenvalue weighted by molar-refractivity contribution is -0.168. The molecule has 0 aliphatic carbocycles. The fourth-order valence-corrected chi connectivity index (χ4v) is 3.26. The Morgan fingerprint density at radius 1 is 1.26 bits per heavy atom. The van der Waals surface area contributed by atoms with E-state index in [-0.39, 0.29) is 18.8 Å². The number of allylic oxidation sites excluding steroid dienone is 1. The standard InChI is InChI=1S/C21H27NO5/c1-6-26-17(24)14-21(18(25)27-19(2,3)4,20(5)11-8-12-22-20)15-9-7-10-16(23)13-15/h7-13,23H,6,14H2,1-5H3. The summed E-state index contributed by atoms with van der Waals surface area (Å²) in [6.07, 6.45) is 4.82. The smallest absolute Gasteiger partial charge is 0.320 e. The zero-order valence-electron chi connectivity index (χ0n) is 16.5. The third kappa shape index (κ3) is 4.21. The first kappa shape index (κ1) is 20.7. The predicted molar refractivity (Wildman–Crippen MR) is 103 cm³/mol. The summed E-state index contributed by atoms with van der Waals surface area (Å²) in [5.41, 5.74) is -2.89. The second-order valence-electron chi connectivity index (χ2n) is 7.72. The summed E-state index contributed by atoms with van der Waals surface area (Å²) in [5.74, 6) is -1.15. The zero-order chi connectivity index (χ0) is 20.3. The van der Waals surface area contributed by atoms with Gasteiger partial charge < -0.3 is 14.6 Å². The monoisotopic (exact) mass is 373 g/mol. The van der Waals surface area contributed by atoms with Crippen molar-refractivity contribution in [2.45, 2.75) is 57.6 Å². The van der Waals surface area contributed by atoms with Crippen molar-refractivity contribution in [3.05, 3.63) is 42.0 Å². The number of carbonyl (C=O) groups excluding carboxylic acids is 2. The Labute approximate surface area is 159 Å². The van der Waals surface area contributed by atoms with Crippen LogP contribution in [0.25, 0.3) is 0 Å². The number of hydrogen-bond donors (Lipinski definition) is 1. The van der Waals surface area contributed by atoms with E-state index in [1.54, 1.807) is 65.1 Å². The van der Waals surface area contributed by atoms with Gasteiger partial charge in [0, 0.05) is 6.21 Å². The molecule has 1 N–H and O–H groups in total. The van der Waals surface area contributed by atoms with E-state index in [2.05, 4.69) is 4.99 Å². The third-order valence-electron chi connectivity index (χ3n) is 4.51. The molecule has 0 spiro atoms. The van der Waals surface area contributed by atoms with Gasteiger partial charge in [-0.1, -0.05) is 18.2 Å². The van der Waals surface area contributed by atoms with Crippen molar-refractivity contribution in [1.29, 1.82) is 0 Å². The van der Waals surface area contributed by atoms with E-state index >= 15 is 0 Å². The quantitative estimate of drug-likeness (QED) is 0.773. The molecule has 0 saturated heterocycles. The fraction of sp³-hybridized carbons (Fsp3) is 0.476. The van der Waals surface area contributed by atoms with Crippen LogP contribution >= 0.6 is 0 Å². The van der Waals surface area contributed by atoms with Gasteiger partial charge in [0.15, 0.2) is 0 Å². The molecule has 27 heavy (non-hydrogen) atoms. The molecule has 0 amide bonds. The second-order valence-corrected chi connectivity index (χ2v) is 7.72. The molecule has 6 heteroatoms. The van der Waals surface area contributed by atoms with Gasteiger partial charge >= 0.3 is 11.9 Å². The summed E-state index contributed by atoms with van der Waals surface area (Å²) in [6, 6.07) is 6.29. The first-order valence-corrected chi connectivity index (χ1v) is 8.96. The third-order valence-corrected chi connectivity index (χ3v) is 4.51. The van der Waals surface area contributed by atoms with Gasteiger partial charge in [0.1, 0.15) is 16.8 Å². The molecule has 0 radical (unpaired) electrons. The highest BCUT2D eigenvalue weighted by atomic mass is 16.6. The molecular weight excluding hydrogens is 346 g/mol. The number of nitrogens with zero attached hydrogens (tertiary/aromatic N) is 1. The van der Waals surface area contributed by atoms with Gasteiger partial charge in [0.05, 0.1) is 18.6 Å². The van der Waals surface area contributed by atoms with Crippen LogP contribution < -0.4 is 0 Å². The second kappa shape index (κ2) is 7.55. The zero-order valence-corrected chi connectivity index (χ0v) is 16.5. The Hall–Kier alpha value is -2.63. The molecule has 1 aliphatic rings. The predicted octanol–water partition coefficient (Wildman–Crippen LogP) is 3.32. The Bertz CT molecular complexity index is 763. The highest BCUT2D eigenvalue weighted by Gasteiger charge is 2.58. The number of rotatable bonds is 6. The van der Waals surface area contributed by atoms with Crippen LogP contribution in [-0.4, -0.2) is 41.0 Å². The molecule has 1 aromatic rings. The largest absolute Gasteiger partial charge is 0.508 e. The Morgan fingerprint density at radius 3 is 2.48 bits per heavy atom. The van der Waals surface area contributed by atoms with Crippen molar-refractivity contribution >= 4 is 18.2 Å². The maximum Gasteiger partial charge on any atom is 0.320 e. The number of ether oxygens (including phenoxy) is 2. The summed E-state index contributed by atoms with van der Waals surface area (Å²) in [6.45, 7) is 8.95. The van der Waals surface area contributed by atoms with Crippen LogP contribution in [0.3, 0.4) is 0 Å². The molecule has 0 fully saturated rings. The van der Waals surface area contributed by atoms with E-state index in [0.29, 0.717) is 5.56 Å². The fourth-order valence-electron chi connectivity index (χ4n) is 3.26. The SMILES string of the molecule is CCOC(=O)CC(C(=O)OC(C)(C)C)(c1cccc(O)c1)C1(C)C=CC=N1. The van der Waals surface area contributed by atoms with E-state index in [1.165, 1.54) is 12.1 Å². The lowest BCUT2D eigenvalue weighted by Crippen LogP contribution is -2.55. The summed E-state index contributed by atoms with van der Waals surface area (Å²) >= 11 is 0. The minimum atomic E-state index is -1.49. The summed E-state index contributed by atoms with van der Waals surface area (Å²) in [7, 11) is 0. The average molecular weight is 373 g/mol. The molecule has 2 atom stereocenters. The number of aliphatic imine (C=N–C) groups is 1. The molecule has 0 bridgehead atoms. The summed E-state index contributed by atoms with van der Waals surface area (Å²) in [4.78, 5) is 30.5. The van der Waals surface area contributed by atoms with Crippen molar-refractivity contribution < 1.29 is 24.2 Å². The molecule has 1 aliphatic heterocycles. The first-order chi connectivity index (χ1) is 12.5. The lowest BCUT2D eigenvalue weighted by Gasteiger charge is -2.42. The van der Waals surface area contributed by atoms with Crippen LogP contribution in [0.4, 0.5) is 0 Å². The summed E-state index contributed by atoms with van der Waals surface area (Å²) < 4.78 is 10.9. The highest BCUT2D eigenvalue weighted by molar-refractivity contribution is 5.93. The van der Waals surface area contributed by atoms with Crippen molar-refractivity contribution in [1.82, 2.24) is 0 Å². The Morgan fingerprint density at radius 2 is 1.96 bits per heavy atom. The number of carbonyl (C=O) groups is 2.